The van der Waals surface area contributed by atoms with Crippen molar-refractivity contribution in [2.75, 3.05) is 7.11 Å². The van der Waals surface area contributed by atoms with E-state index in [2.05, 4.69) is 4.98 Å². The number of halogens is 3. The minimum absolute atomic E-state index is 0.0113. The molecule has 0 atom stereocenters. The van der Waals surface area contributed by atoms with Crippen LogP contribution in [0.4, 0.5) is 0 Å². The van der Waals surface area contributed by atoms with Crippen LogP contribution in [0.3, 0.4) is 0 Å². The fourth-order valence-corrected chi connectivity index (χ4v) is 4.39. The van der Waals surface area contributed by atoms with E-state index in [9.17, 15) is 8.42 Å². The summed E-state index contributed by atoms with van der Waals surface area (Å²) in [5.41, 5.74) is 0.564. The number of fused-ring (bicyclic) bond motifs is 1. The average molecular weight is 403 g/mol. The van der Waals surface area contributed by atoms with Gasteiger partial charge in [0.25, 0.3) is 0 Å². The molecule has 1 heterocycles. The molecule has 0 amide bonds. The number of hydrogen-bond acceptors (Lipinski definition) is 4. The number of hydrogen-bond donors (Lipinski definition) is 0. The lowest BCUT2D eigenvalue weighted by atomic mass is 10.2. The number of nitrogens with zero attached hydrogens (tertiary/aromatic N) is 1. The Bertz CT molecular complexity index is 1050. The van der Waals surface area contributed by atoms with Gasteiger partial charge < -0.3 is 4.74 Å². The largest absolute Gasteiger partial charge is 0.497 e. The molecule has 0 spiro atoms. The minimum Gasteiger partial charge on any atom is -0.497 e. The van der Waals surface area contributed by atoms with Gasteiger partial charge in [-0.05, 0) is 36.4 Å². The van der Waals surface area contributed by atoms with Crippen LogP contribution in [0.15, 0.2) is 52.4 Å². The number of benzene rings is 2. The molecule has 0 aliphatic rings. The number of sulfone groups is 1. The van der Waals surface area contributed by atoms with Gasteiger partial charge in [0.2, 0.25) is 9.84 Å². The van der Waals surface area contributed by atoms with E-state index in [1.807, 2.05) is 0 Å². The Hall–Kier alpha value is -1.53. The number of pyridine rings is 1. The second kappa shape index (κ2) is 6.41. The smallest absolute Gasteiger partial charge is 0.209 e. The highest BCUT2D eigenvalue weighted by atomic mass is 35.5. The summed E-state index contributed by atoms with van der Waals surface area (Å²) < 4.78 is 30.9. The van der Waals surface area contributed by atoms with Gasteiger partial charge in [-0.2, -0.15) is 0 Å². The van der Waals surface area contributed by atoms with E-state index in [-0.39, 0.29) is 24.9 Å². The number of aromatic nitrogens is 1. The van der Waals surface area contributed by atoms with Gasteiger partial charge in [-0.25, -0.2) is 8.42 Å². The first-order valence-corrected chi connectivity index (χ1v) is 9.28. The first kappa shape index (κ1) is 17.3. The second-order valence-electron chi connectivity index (χ2n) is 4.90. The lowest BCUT2D eigenvalue weighted by molar-refractivity contribution is 0.415. The van der Waals surface area contributed by atoms with Crippen molar-refractivity contribution in [3.8, 4) is 5.75 Å². The highest BCUT2D eigenvalue weighted by Crippen LogP contribution is 2.35. The molecule has 3 rings (SSSR count). The second-order valence-corrected chi connectivity index (χ2v) is 8.01. The highest BCUT2D eigenvalue weighted by Gasteiger charge is 2.24. The van der Waals surface area contributed by atoms with E-state index < -0.39 is 9.84 Å². The quantitative estimate of drug-likeness (QED) is 0.616. The zero-order valence-electron chi connectivity index (χ0n) is 12.3. The van der Waals surface area contributed by atoms with Crippen LogP contribution in [0.25, 0.3) is 10.9 Å². The van der Waals surface area contributed by atoms with E-state index in [1.54, 1.807) is 18.2 Å². The third kappa shape index (κ3) is 2.93. The molecule has 0 unspecified atom stereocenters. The van der Waals surface area contributed by atoms with Crippen molar-refractivity contribution in [2.45, 2.75) is 9.79 Å². The maximum Gasteiger partial charge on any atom is 0.209 e. The zero-order chi connectivity index (χ0) is 17.5. The van der Waals surface area contributed by atoms with E-state index in [0.29, 0.717) is 16.7 Å². The summed E-state index contributed by atoms with van der Waals surface area (Å²) in [7, 11) is -2.39. The maximum absolute atomic E-state index is 12.9. The van der Waals surface area contributed by atoms with Crippen molar-refractivity contribution in [1.82, 2.24) is 4.98 Å². The molecular formula is C16H10Cl3NO3S. The van der Waals surface area contributed by atoms with Crippen LogP contribution < -0.4 is 4.74 Å². The van der Waals surface area contributed by atoms with Crippen molar-refractivity contribution in [2.24, 2.45) is 0 Å². The number of rotatable bonds is 3. The van der Waals surface area contributed by atoms with Gasteiger partial charge >= 0.3 is 0 Å². The van der Waals surface area contributed by atoms with Crippen molar-refractivity contribution in [3.05, 3.63) is 57.7 Å². The summed E-state index contributed by atoms with van der Waals surface area (Å²) >= 11 is 18.1. The normalized spacial score (nSPS) is 11.7. The van der Waals surface area contributed by atoms with Gasteiger partial charge in [-0.1, -0.05) is 34.8 Å². The van der Waals surface area contributed by atoms with Gasteiger partial charge in [0, 0.05) is 11.6 Å². The summed E-state index contributed by atoms with van der Waals surface area (Å²) in [6.45, 7) is 0. The van der Waals surface area contributed by atoms with Crippen LogP contribution in [0, 0.1) is 0 Å². The third-order valence-corrected chi connectivity index (χ3v) is 6.49. The van der Waals surface area contributed by atoms with Crippen molar-refractivity contribution in [1.29, 1.82) is 0 Å². The Balaban J connectivity index is 2.24. The van der Waals surface area contributed by atoms with E-state index in [1.165, 1.54) is 31.5 Å². The molecule has 0 radical (unpaired) electrons. The average Bonchev–Trinajstić information content (AvgIpc) is 2.57. The Morgan fingerprint density at radius 3 is 2.42 bits per heavy atom. The van der Waals surface area contributed by atoms with E-state index in [0.717, 1.165) is 0 Å². The van der Waals surface area contributed by atoms with Crippen LogP contribution in [-0.4, -0.2) is 20.5 Å². The number of ether oxygens (including phenoxy) is 1. The molecule has 0 N–H and O–H groups in total. The van der Waals surface area contributed by atoms with Gasteiger partial charge in [-0.3, -0.25) is 4.98 Å². The molecule has 0 aliphatic heterocycles. The predicted molar refractivity (Wildman–Crippen MR) is 95.2 cm³/mol. The van der Waals surface area contributed by atoms with Gasteiger partial charge in [-0.15, -0.1) is 0 Å². The summed E-state index contributed by atoms with van der Waals surface area (Å²) in [5, 5.41) is 0.967. The molecule has 1 aromatic heterocycles. The molecule has 0 saturated heterocycles. The monoisotopic (exact) mass is 401 g/mol. The topological polar surface area (TPSA) is 56.3 Å². The van der Waals surface area contributed by atoms with Crippen LogP contribution >= 0.6 is 34.8 Å². The summed E-state index contributed by atoms with van der Waals surface area (Å²) in [6, 6.07) is 9.14. The molecule has 3 aromatic rings. The molecule has 0 saturated carbocycles. The van der Waals surface area contributed by atoms with Crippen LogP contribution in [0.1, 0.15) is 0 Å². The SMILES string of the molecule is COc1ccc2ncc(S(=O)(=O)c3ccc(Cl)c(Cl)c3)c(Cl)c2c1. The van der Waals surface area contributed by atoms with Gasteiger partial charge in [0.15, 0.2) is 0 Å². The molecule has 4 nitrogen and oxygen atoms in total. The highest BCUT2D eigenvalue weighted by molar-refractivity contribution is 7.91. The maximum atomic E-state index is 12.9. The molecule has 0 fully saturated rings. The molecule has 0 aliphatic carbocycles. The van der Waals surface area contributed by atoms with Gasteiger partial charge in [0.1, 0.15) is 10.6 Å². The minimum atomic E-state index is -3.90. The van der Waals surface area contributed by atoms with Crippen molar-refractivity contribution >= 4 is 55.5 Å². The number of methoxy groups -OCH3 is 1. The summed E-state index contributed by atoms with van der Waals surface area (Å²) in [6.07, 6.45) is 1.23. The molecular weight excluding hydrogens is 393 g/mol. The lowest BCUT2D eigenvalue weighted by Gasteiger charge is -2.10. The zero-order valence-corrected chi connectivity index (χ0v) is 15.3. The molecule has 8 heteroatoms. The lowest BCUT2D eigenvalue weighted by Crippen LogP contribution is -2.04. The first-order valence-electron chi connectivity index (χ1n) is 6.67. The third-order valence-electron chi connectivity index (χ3n) is 3.47. The van der Waals surface area contributed by atoms with Crippen molar-refractivity contribution < 1.29 is 13.2 Å². The van der Waals surface area contributed by atoms with Crippen LogP contribution in [0.5, 0.6) is 5.75 Å². The molecule has 0 bridgehead atoms. The van der Waals surface area contributed by atoms with Crippen LogP contribution in [0.2, 0.25) is 15.1 Å². The first-order chi connectivity index (χ1) is 11.3. The Morgan fingerprint density at radius 1 is 1.00 bits per heavy atom. The van der Waals surface area contributed by atoms with Crippen LogP contribution in [-0.2, 0) is 9.84 Å². The van der Waals surface area contributed by atoms with E-state index in [4.69, 9.17) is 39.5 Å². The predicted octanol–water partition coefficient (Wildman–Crippen LogP) is 5.04. The molecule has 2 aromatic carbocycles. The molecule has 124 valence electrons. The van der Waals surface area contributed by atoms with Gasteiger partial charge in [0.05, 0.1) is 32.6 Å². The standard InChI is InChI=1S/C16H10Cl3NO3S/c1-23-9-2-5-14-11(6-9)16(19)15(8-20-14)24(21,22)10-3-4-12(17)13(18)7-10/h2-8H,1H3. The van der Waals surface area contributed by atoms with Crippen molar-refractivity contribution in [3.63, 3.8) is 0 Å². The van der Waals surface area contributed by atoms with E-state index >= 15 is 0 Å². The Morgan fingerprint density at radius 2 is 1.75 bits per heavy atom. The molecule has 24 heavy (non-hydrogen) atoms. The summed E-state index contributed by atoms with van der Waals surface area (Å²) in [5.74, 6) is 0.551. The fraction of sp³-hybridized carbons (Fsp3) is 0.0625. The fourth-order valence-electron chi connectivity index (χ4n) is 2.21. The Kier molecular flexibility index (Phi) is 4.62. The Labute approximate surface area is 153 Å². The summed E-state index contributed by atoms with van der Waals surface area (Å²) in [4.78, 5) is 4.05.